The highest BCUT2D eigenvalue weighted by atomic mass is 16.3. The predicted octanol–water partition coefficient (Wildman–Crippen LogP) is 0.957. The average Bonchev–Trinajstić information content (AvgIpc) is 2.36. The molecule has 0 aliphatic carbocycles. The fourth-order valence-corrected chi connectivity index (χ4v) is 1.36. The zero-order valence-corrected chi connectivity index (χ0v) is 10.4. The van der Waals surface area contributed by atoms with Crippen molar-refractivity contribution in [2.24, 2.45) is 0 Å². The molecule has 0 bridgehead atoms. The number of amides is 2. The minimum Gasteiger partial charge on any atom is -0.392 e. The van der Waals surface area contributed by atoms with E-state index in [-0.39, 0.29) is 18.4 Å². The number of rotatable bonds is 6. The van der Waals surface area contributed by atoms with Gasteiger partial charge in [0.2, 0.25) is 0 Å². The Balaban J connectivity index is 2.26. The average molecular weight is 250 g/mol. The van der Waals surface area contributed by atoms with E-state index < -0.39 is 0 Å². The summed E-state index contributed by atoms with van der Waals surface area (Å²) in [6.07, 6.45) is 0.346. The van der Waals surface area contributed by atoms with Crippen LogP contribution in [0.25, 0.3) is 0 Å². The first-order valence-electron chi connectivity index (χ1n) is 5.81. The van der Waals surface area contributed by atoms with E-state index in [0.29, 0.717) is 19.5 Å². The van der Waals surface area contributed by atoms with Crippen LogP contribution in [-0.4, -0.2) is 23.5 Å². The molecule has 0 aliphatic heterocycles. The quantitative estimate of drug-likeness (QED) is 0.703. The highest BCUT2D eigenvalue weighted by Gasteiger charge is 2.01. The molecule has 0 fully saturated rings. The van der Waals surface area contributed by atoms with E-state index in [1.807, 2.05) is 24.3 Å². The van der Waals surface area contributed by atoms with E-state index in [1.54, 1.807) is 0 Å². The van der Waals surface area contributed by atoms with E-state index >= 15 is 0 Å². The zero-order valence-electron chi connectivity index (χ0n) is 10.4. The number of urea groups is 1. The van der Waals surface area contributed by atoms with E-state index in [2.05, 4.69) is 10.6 Å². The van der Waals surface area contributed by atoms with E-state index in [9.17, 15) is 9.59 Å². The second kappa shape index (κ2) is 7.45. The molecule has 5 heteroatoms. The summed E-state index contributed by atoms with van der Waals surface area (Å²) in [5, 5.41) is 14.2. The van der Waals surface area contributed by atoms with Crippen molar-refractivity contribution in [3.05, 3.63) is 35.4 Å². The molecule has 0 saturated heterocycles. The molecular weight excluding hydrogens is 232 g/mol. The molecule has 0 atom stereocenters. The monoisotopic (exact) mass is 250 g/mol. The fraction of sp³-hybridized carbons (Fsp3) is 0.385. The Kier molecular flexibility index (Phi) is 5.87. The molecule has 0 spiro atoms. The van der Waals surface area contributed by atoms with Crippen LogP contribution in [0, 0.1) is 0 Å². The topological polar surface area (TPSA) is 78.4 Å². The molecule has 1 aromatic carbocycles. The van der Waals surface area contributed by atoms with Crippen molar-refractivity contribution in [2.45, 2.75) is 26.5 Å². The third kappa shape index (κ3) is 5.45. The Morgan fingerprint density at radius 2 is 1.72 bits per heavy atom. The maximum absolute atomic E-state index is 11.3. The van der Waals surface area contributed by atoms with Gasteiger partial charge in [0.25, 0.3) is 0 Å². The Labute approximate surface area is 106 Å². The Bertz CT molecular complexity index is 401. The molecular formula is C13H18N2O3. The van der Waals surface area contributed by atoms with Crippen molar-refractivity contribution in [3.63, 3.8) is 0 Å². The second-order valence-electron chi connectivity index (χ2n) is 4.04. The number of Topliss-reactive ketones (excluding diaryl/α,β-unsaturated/α-hetero) is 1. The third-order valence-corrected chi connectivity index (χ3v) is 2.42. The summed E-state index contributed by atoms with van der Waals surface area (Å²) in [5.41, 5.74) is 1.79. The van der Waals surface area contributed by atoms with Gasteiger partial charge < -0.3 is 15.7 Å². The lowest BCUT2D eigenvalue weighted by Gasteiger charge is -2.07. The largest absolute Gasteiger partial charge is 0.392 e. The van der Waals surface area contributed by atoms with Crippen molar-refractivity contribution in [3.8, 4) is 0 Å². The molecule has 0 saturated carbocycles. The lowest BCUT2D eigenvalue weighted by molar-refractivity contribution is -0.116. The van der Waals surface area contributed by atoms with Crippen LogP contribution in [0.2, 0.25) is 0 Å². The number of aliphatic hydroxyl groups is 1. The van der Waals surface area contributed by atoms with Crippen molar-refractivity contribution in [1.82, 2.24) is 10.6 Å². The van der Waals surface area contributed by atoms with E-state index in [0.717, 1.165) is 11.1 Å². The second-order valence-corrected chi connectivity index (χ2v) is 4.04. The number of carbonyl (C=O) groups excluding carboxylic acids is 2. The van der Waals surface area contributed by atoms with Crippen molar-refractivity contribution < 1.29 is 14.7 Å². The highest BCUT2D eigenvalue weighted by molar-refractivity contribution is 5.77. The van der Waals surface area contributed by atoms with E-state index in [4.69, 9.17) is 5.11 Å². The van der Waals surface area contributed by atoms with E-state index in [1.165, 1.54) is 6.92 Å². The minimum absolute atomic E-state index is 0.0131. The standard InChI is InChI=1S/C13H18N2O3/c1-10(17)6-7-14-13(18)15-8-11-2-4-12(9-16)5-3-11/h2-5,16H,6-9H2,1H3,(H2,14,15,18). The van der Waals surface area contributed by atoms with Gasteiger partial charge in [-0.3, -0.25) is 4.79 Å². The van der Waals surface area contributed by atoms with Crippen molar-refractivity contribution in [1.29, 1.82) is 0 Å². The summed E-state index contributed by atoms with van der Waals surface area (Å²) in [7, 11) is 0. The zero-order chi connectivity index (χ0) is 13.4. The number of nitrogens with one attached hydrogen (secondary N) is 2. The van der Waals surface area contributed by atoms with Crippen LogP contribution < -0.4 is 10.6 Å². The van der Waals surface area contributed by atoms with Crippen LogP contribution in [0.15, 0.2) is 24.3 Å². The molecule has 98 valence electrons. The van der Waals surface area contributed by atoms with Gasteiger partial charge in [0.05, 0.1) is 6.61 Å². The van der Waals surface area contributed by atoms with Gasteiger partial charge in [-0.25, -0.2) is 4.79 Å². The SMILES string of the molecule is CC(=O)CCNC(=O)NCc1ccc(CO)cc1. The Morgan fingerprint density at radius 1 is 1.11 bits per heavy atom. The molecule has 18 heavy (non-hydrogen) atoms. The lowest BCUT2D eigenvalue weighted by atomic mass is 10.1. The summed E-state index contributed by atoms with van der Waals surface area (Å²) in [6.45, 7) is 2.27. The van der Waals surface area contributed by atoms with Gasteiger partial charge in [-0.1, -0.05) is 24.3 Å². The molecule has 0 radical (unpaired) electrons. The number of carbonyl (C=O) groups is 2. The minimum atomic E-state index is -0.289. The maximum Gasteiger partial charge on any atom is 0.315 e. The molecule has 0 heterocycles. The number of hydrogen-bond acceptors (Lipinski definition) is 3. The summed E-state index contributed by atoms with van der Waals surface area (Å²) in [4.78, 5) is 22.0. The first-order chi connectivity index (χ1) is 8.61. The Hall–Kier alpha value is -1.88. The van der Waals surface area contributed by atoms with Crippen LogP contribution in [-0.2, 0) is 17.9 Å². The van der Waals surface area contributed by atoms with Gasteiger partial charge in [0, 0.05) is 19.5 Å². The normalized spacial score (nSPS) is 9.89. The number of ketones is 1. The lowest BCUT2D eigenvalue weighted by Crippen LogP contribution is -2.36. The van der Waals surface area contributed by atoms with Gasteiger partial charge in [-0.05, 0) is 18.1 Å². The van der Waals surface area contributed by atoms with Crippen molar-refractivity contribution in [2.75, 3.05) is 6.54 Å². The molecule has 0 aliphatic rings. The van der Waals surface area contributed by atoms with Crippen LogP contribution in [0.1, 0.15) is 24.5 Å². The molecule has 5 nitrogen and oxygen atoms in total. The first kappa shape index (κ1) is 14.2. The highest BCUT2D eigenvalue weighted by Crippen LogP contribution is 2.03. The van der Waals surface area contributed by atoms with Crippen molar-refractivity contribution >= 4 is 11.8 Å². The summed E-state index contributed by atoms with van der Waals surface area (Å²) in [5.74, 6) is 0.0508. The Morgan fingerprint density at radius 3 is 2.28 bits per heavy atom. The van der Waals surface area contributed by atoms with Gasteiger partial charge >= 0.3 is 6.03 Å². The first-order valence-corrected chi connectivity index (χ1v) is 5.81. The molecule has 1 rings (SSSR count). The van der Waals surface area contributed by atoms with Gasteiger partial charge in [0.1, 0.15) is 5.78 Å². The molecule has 3 N–H and O–H groups in total. The summed E-state index contributed by atoms with van der Waals surface area (Å²) >= 11 is 0. The third-order valence-electron chi connectivity index (χ3n) is 2.42. The van der Waals surface area contributed by atoms with Crippen LogP contribution in [0.5, 0.6) is 0 Å². The van der Waals surface area contributed by atoms with Crippen LogP contribution in [0.4, 0.5) is 4.79 Å². The summed E-state index contributed by atoms with van der Waals surface area (Å²) in [6, 6.07) is 7.03. The van der Waals surface area contributed by atoms with Gasteiger partial charge in [0.15, 0.2) is 0 Å². The molecule has 1 aromatic rings. The smallest absolute Gasteiger partial charge is 0.315 e. The number of aliphatic hydroxyl groups excluding tert-OH is 1. The number of benzene rings is 1. The summed E-state index contributed by atoms with van der Waals surface area (Å²) < 4.78 is 0. The van der Waals surface area contributed by atoms with Crippen LogP contribution >= 0.6 is 0 Å². The van der Waals surface area contributed by atoms with Gasteiger partial charge in [-0.2, -0.15) is 0 Å². The molecule has 0 aromatic heterocycles. The maximum atomic E-state index is 11.3. The fourth-order valence-electron chi connectivity index (χ4n) is 1.36. The molecule has 2 amide bonds. The van der Waals surface area contributed by atoms with Crippen LogP contribution in [0.3, 0.4) is 0 Å². The molecule has 0 unspecified atom stereocenters. The van der Waals surface area contributed by atoms with Gasteiger partial charge in [-0.15, -0.1) is 0 Å². The predicted molar refractivity (Wildman–Crippen MR) is 67.9 cm³/mol. The number of hydrogen-bond donors (Lipinski definition) is 3.